The molecule has 0 spiro atoms. The van der Waals surface area contributed by atoms with Crippen molar-refractivity contribution in [3.05, 3.63) is 66.2 Å². The second-order valence-electron chi connectivity index (χ2n) is 7.10. The van der Waals surface area contributed by atoms with E-state index >= 15 is 0 Å². The van der Waals surface area contributed by atoms with E-state index in [-0.39, 0.29) is 6.10 Å². The summed E-state index contributed by atoms with van der Waals surface area (Å²) in [7, 11) is -1.63. The van der Waals surface area contributed by atoms with E-state index in [0.29, 0.717) is 11.5 Å². The van der Waals surface area contributed by atoms with E-state index in [9.17, 15) is 5.11 Å². The molecule has 2 aromatic rings. The third-order valence-corrected chi connectivity index (χ3v) is 9.49. The van der Waals surface area contributed by atoms with Crippen LogP contribution in [0, 0.1) is 5.92 Å². The van der Waals surface area contributed by atoms with Crippen LogP contribution in [0.15, 0.2) is 60.7 Å². The van der Waals surface area contributed by atoms with E-state index in [2.05, 4.69) is 57.3 Å². The van der Waals surface area contributed by atoms with Gasteiger partial charge in [-0.05, 0) is 23.4 Å². The van der Waals surface area contributed by atoms with Gasteiger partial charge < -0.3 is 5.11 Å². The summed E-state index contributed by atoms with van der Waals surface area (Å²) in [6, 6.07) is 20.9. The molecule has 0 saturated carbocycles. The number of hydrogen-bond donors (Lipinski definition) is 1. The highest BCUT2D eigenvalue weighted by Crippen LogP contribution is 2.37. The standard InChI is InChI=1S/C20H28OSi/c1-16(2)20(15-19(21)17-11-7-5-8-12-17)22(3,4)18-13-9-6-10-14-18/h5-14,16,19-21H,15H2,1-4H3/t19-,20-/m1/s1. The highest BCUT2D eigenvalue weighted by Gasteiger charge is 2.36. The smallest absolute Gasteiger partial charge is 0.0840 e. The van der Waals surface area contributed by atoms with E-state index in [1.165, 1.54) is 5.19 Å². The molecule has 1 N–H and O–H groups in total. The van der Waals surface area contributed by atoms with E-state index in [1.54, 1.807) is 0 Å². The fourth-order valence-corrected chi connectivity index (χ4v) is 7.49. The molecule has 0 aliphatic rings. The van der Waals surface area contributed by atoms with Crippen molar-refractivity contribution in [2.24, 2.45) is 5.92 Å². The minimum atomic E-state index is -1.63. The van der Waals surface area contributed by atoms with Gasteiger partial charge in [-0.3, -0.25) is 0 Å². The maximum Gasteiger partial charge on any atom is 0.0840 e. The van der Waals surface area contributed by atoms with Gasteiger partial charge in [0, 0.05) is 0 Å². The zero-order valence-electron chi connectivity index (χ0n) is 14.2. The number of hydrogen-bond acceptors (Lipinski definition) is 1. The van der Waals surface area contributed by atoms with Crippen molar-refractivity contribution in [3.8, 4) is 0 Å². The fraction of sp³-hybridized carbons (Fsp3) is 0.400. The SMILES string of the molecule is CC(C)[C@@H](C[C@@H](O)c1ccccc1)[Si](C)(C)c1ccccc1. The first-order valence-corrected chi connectivity index (χ1v) is 11.3. The lowest BCUT2D eigenvalue weighted by Crippen LogP contribution is -2.48. The summed E-state index contributed by atoms with van der Waals surface area (Å²) in [6.45, 7) is 9.45. The zero-order chi connectivity index (χ0) is 16.2. The van der Waals surface area contributed by atoms with Gasteiger partial charge in [-0.25, -0.2) is 0 Å². The summed E-state index contributed by atoms with van der Waals surface area (Å²) in [4.78, 5) is 0. The van der Waals surface area contributed by atoms with Gasteiger partial charge in [0.1, 0.15) is 0 Å². The molecule has 0 heterocycles. The Morgan fingerprint density at radius 1 is 0.864 bits per heavy atom. The molecule has 0 aliphatic carbocycles. The van der Waals surface area contributed by atoms with Crippen molar-refractivity contribution in [2.75, 3.05) is 0 Å². The molecule has 0 aliphatic heterocycles. The van der Waals surface area contributed by atoms with Crippen LogP contribution in [0.5, 0.6) is 0 Å². The summed E-state index contributed by atoms with van der Waals surface area (Å²) in [5.74, 6) is 0.570. The Balaban J connectivity index is 2.23. The fourth-order valence-electron chi connectivity index (χ4n) is 3.53. The molecule has 0 bridgehead atoms. The Bertz CT molecular complexity index is 563. The van der Waals surface area contributed by atoms with E-state index in [4.69, 9.17) is 0 Å². The van der Waals surface area contributed by atoms with E-state index in [1.807, 2.05) is 30.3 Å². The molecule has 0 aromatic heterocycles. The van der Waals surface area contributed by atoms with Crippen molar-refractivity contribution in [2.45, 2.75) is 45.0 Å². The van der Waals surface area contributed by atoms with Gasteiger partial charge in [0.2, 0.25) is 0 Å². The molecule has 2 heteroatoms. The average Bonchev–Trinajstić information content (AvgIpc) is 2.53. The molecule has 0 radical (unpaired) electrons. The molecular formula is C20H28OSi. The summed E-state index contributed by atoms with van der Waals surface area (Å²) < 4.78 is 0. The van der Waals surface area contributed by atoms with E-state index < -0.39 is 8.07 Å². The summed E-state index contributed by atoms with van der Waals surface area (Å²) >= 11 is 0. The third-order valence-electron chi connectivity index (χ3n) is 4.91. The largest absolute Gasteiger partial charge is 0.388 e. The van der Waals surface area contributed by atoms with Crippen LogP contribution in [-0.4, -0.2) is 13.2 Å². The van der Waals surface area contributed by atoms with Gasteiger partial charge in [-0.2, -0.15) is 0 Å². The Morgan fingerprint density at radius 2 is 1.36 bits per heavy atom. The Morgan fingerprint density at radius 3 is 1.86 bits per heavy atom. The molecule has 118 valence electrons. The average molecular weight is 313 g/mol. The van der Waals surface area contributed by atoms with Gasteiger partial charge in [-0.1, -0.05) is 92.8 Å². The highest BCUT2D eigenvalue weighted by atomic mass is 28.3. The lowest BCUT2D eigenvalue weighted by molar-refractivity contribution is 0.158. The van der Waals surface area contributed by atoms with Crippen LogP contribution in [0.25, 0.3) is 0 Å². The van der Waals surface area contributed by atoms with Crippen LogP contribution < -0.4 is 5.19 Å². The second kappa shape index (κ2) is 7.25. The third kappa shape index (κ3) is 3.87. The van der Waals surface area contributed by atoms with Crippen molar-refractivity contribution in [3.63, 3.8) is 0 Å². The Labute approximate surface area is 136 Å². The highest BCUT2D eigenvalue weighted by molar-refractivity contribution is 6.91. The molecule has 2 rings (SSSR count). The molecule has 0 amide bonds. The van der Waals surface area contributed by atoms with Crippen LogP contribution in [-0.2, 0) is 0 Å². The molecule has 22 heavy (non-hydrogen) atoms. The monoisotopic (exact) mass is 312 g/mol. The lowest BCUT2D eigenvalue weighted by atomic mass is 9.99. The maximum atomic E-state index is 10.7. The molecule has 2 atom stereocenters. The minimum Gasteiger partial charge on any atom is -0.388 e. The summed E-state index contributed by atoms with van der Waals surface area (Å²) in [5, 5.41) is 12.2. The van der Waals surface area contributed by atoms with Crippen molar-refractivity contribution in [1.29, 1.82) is 0 Å². The van der Waals surface area contributed by atoms with E-state index in [0.717, 1.165) is 12.0 Å². The predicted octanol–water partition coefficient (Wildman–Crippen LogP) is 4.75. The van der Waals surface area contributed by atoms with Gasteiger partial charge in [-0.15, -0.1) is 0 Å². The topological polar surface area (TPSA) is 20.2 Å². The normalized spacial score (nSPS) is 14.8. The van der Waals surface area contributed by atoms with Crippen LogP contribution in [0.1, 0.15) is 31.9 Å². The molecule has 2 aromatic carbocycles. The van der Waals surface area contributed by atoms with Crippen LogP contribution >= 0.6 is 0 Å². The predicted molar refractivity (Wildman–Crippen MR) is 98.2 cm³/mol. The first-order valence-electron chi connectivity index (χ1n) is 8.21. The Kier molecular flexibility index (Phi) is 5.60. The van der Waals surface area contributed by atoms with Crippen LogP contribution in [0.2, 0.25) is 18.6 Å². The number of benzene rings is 2. The Hall–Kier alpha value is -1.38. The number of rotatable bonds is 6. The lowest BCUT2D eigenvalue weighted by Gasteiger charge is -2.37. The molecule has 0 fully saturated rings. The molecule has 0 unspecified atom stereocenters. The molecule has 1 nitrogen and oxygen atoms in total. The van der Waals surface area contributed by atoms with Gasteiger partial charge >= 0.3 is 0 Å². The van der Waals surface area contributed by atoms with Gasteiger partial charge in [0.15, 0.2) is 0 Å². The minimum absolute atomic E-state index is 0.371. The summed E-state index contributed by atoms with van der Waals surface area (Å²) in [6.07, 6.45) is 0.472. The quantitative estimate of drug-likeness (QED) is 0.763. The van der Waals surface area contributed by atoms with Crippen molar-refractivity contribution >= 4 is 13.3 Å². The molecular weight excluding hydrogens is 284 g/mol. The molecule has 0 saturated heterocycles. The van der Waals surface area contributed by atoms with Gasteiger partial charge in [0.05, 0.1) is 14.2 Å². The maximum absolute atomic E-state index is 10.7. The second-order valence-corrected chi connectivity index (χ2v) is 11.9. The number of aliphatic hydroxyl groups excluding tert-OH is 1. The first-order chi connectivity index (χ1) is 10.4. The van der Waals surface area contributed by atoms with Crippen molar-refractivity contribution in [1.82, 2.24) is 0 Å². The number of aliphatic hydroxyl groups is 1. The first kappa shape index (κ1) is 17.0. The van der Waals surface area contributed by atoms with Crippen molar-refractivity contribution < 1.29 is 5.11 Å². The van der Waals surface area contributed by atoms with Crippen LogP contribution in [0.4, 0.5) is 0 Å². The zero-order valence-corrected chi connectivity index (χ0v) is 15.2. The van der Waals surface area contributed by atoms with Gasteiger partial charge in [0.25, 0.3) is 0 Å². The van der Waals surface area contributed by atoms with Crippen LogP contribution in [0.3, 0.4) is 0 Å². The summed E-state index contributed by atoms with van der Waals surface area (Å²) in [5.41, 5.74) is 1.58.